The number of benzene rings is 1. The second kappa shape index (κ2) is 7.38. The van der Waals surface area contributed by atoms with E-state index in [-0.39, 0.29) is 23.4 Å². The van der Waals surface area contributed by atoms with Gasteiger partial charge in [-0.1, -0.05) is 6.58 Å². The second-order valence-electron chi connectivity index (χ2n) is 4.83. The summed E-state index contributed by atoms with van der Waals surface area (Å²) in [5.74, 6) is -0.709. The lowest BCUT2D eigenvalue weighted by atomic mass is 10.2. The van der Waals surface area contributed by atoms with Crippen molar-refractivity contribution < 1.29 is 27.5 Å². The van der Waals surface area contributed by atoms with E-state index in [1.54, 1.807) is 0 Å². The zero-order valence-corrected chi connectivity index (χ0v) is 13.2. The van der Waals surface area contributed by atoms with Crippen molar-refractivity contribution in [2.75, 3.05) is 19.8 Å². The third kappa shape index (κ3) is 4.90. The number of amides is 1. The van der Waals surface area contributed by atoms with E-state index in [1.165, 1.54) is 24.3 Å². The maximum absolute atomic E-state index is 11.9. The van der Waals surface area contributed by atoms with Crippen molar-refractivity contribution >= 4 is 21.7 Å². The molecule has 1 aliphatic heterocycles. The van der Waals surface area contributed by atoms with Gasteiger partial charge in [-0.2, -0.15) is 0 Å². The molecule has 1 aliphatic rings. The molecule has 0 bridgehead atoms. The fourth-order valence-electron chi connectivity index (χ4n) is 1.72. The van der Waals surface area contributed by atoms with Crippen LogP contribution in [0.2, 0.25) is 0 Å². The summed E-state index contributed by atoms with van der Waals surface area (Å²) in [7, 11) is -3.50. The highest BCUT2D eigenvalue weighted by Crippen LogP contribution is 2.13. The molecule has 2 rings (SSSR count). The van der Waals surface area contributed by atoms with Gasteiger partial charge in [0.25, 0.3) is 5.91 Å². The normalized spacial score (nSPS) is 16.4. The van der Waals surface area contributed by atoms with Crippen molar-refractivity contribution in [1.29, 1.82) is 0 Å². The number of carbonyl (C=O) groups excluding carboxylic acids is 2. The second-order valence-corrected chi connectivity index (χ2v) is 6.73. The highest BCUT2D eigenvalue weighted by molar-refractivity contribution is 7.94. The Bertz CT molecular complexity index is 691. The van der Waals surface area contributed by atoms with Crippen LogP contribution in [0.25, 0.3) is 0 Å². The van der Waals surface area contributed by atoms with Gasteiger partial charge < -0.3 is 14.8 Å². The molecule has 0 saturated carbocycles. The Hall–Kier alpha value is -2.19. The molecule has 1 unspecified atom stereocenters. The minimum Gasteiger partial charge on any atom is -0.464 e. The molecular formula is C15H17NO6S. The van der Waals surface area contributed by atoms with Crippen LogP contribution < -0.4 is 5.32 Å². The summed E-state index contributed by atoms with van der Waals surface area (Å²) in [4.78, 5) is 23.1. The molecule has 1 heterocycles. The zero-order chi connectivity index (χ0) is 16.9. The van der Waals surface area contributed by atoms with Crippen LogP contribution in [0, 0.1) is 0 Å². The number of epoxide rings is 1. The highest BCUT2D eigenvalue weighted by atomic mass is 32.2. The van der Waals surface area contributed by atoms with Gasteiger partial charge in [0.1, 0.15) is 0 Å². The Labute approximate surface area is 134 Å². The van der Waals surface area contributed by atoms with Crippen LogP contribution in [-0.2, 0) is 24.1 Å². The minimum atomic E-state index is -3.50. The van der Waals surface area contributed by atoms with Crippen LogP contribution >= 0.6 is 0 Å². The molecule has 1 aromatic rings. The van der Waals surface area contributed by atoms with Gasteiger partial charge in [0.15, 0.2) is 15.9 Å². The van der Waals surface area contributed by atoms with E-state index >= 15 is 0 Å². The summed E-state index contributed by atoms with van der Waals surface area (Å²) in [5.41, 5.74) is 0.344. The van der Waals surface area contributed by atoms with Crippen LogP contribution in [0.1, 0.15) is 16.8 Å². The van der Waals surface area contributed by atoms with Gasteiger partial charge in [-0.25, -0.2) is 13.2 Å². The lowest BCUT2D eigenvalue weighted by Gasteiger charge is -2.06. The standard InChI is InChI=1S/C15H17NO6S/c1-2-23(19,20)12-6-4-11(5-7-12)14(17)16-8-3-9-21-15(18)13-10-22-13/h2,4-7,13H,1,3,8-10H2,(H,16,17). The van der Waals surface area contributed by atoms with Gasteiger partial charge in [-0.05, 0) is 30.7 Å². The van der Waals surface area contributed by atoms with Gasteiger partial charge >= 0.3 is 5.97 Å². The zero-order valence-electron chi connectivity index (χ0n) is 12.4. The number of rotatable bonds is 8. The molecule has 7 nitrogen and oxygen atoms in total. The van der Waals surface area contributed by atoms with Gasteiger partial charge in [0, 0.05) is 17.5 Å². The molecule has 1 N–H and O–H groups in total. The first kappa shape index (κ1) is 17.2. The third-order valence-electron chi connectivity index (χ3n) is 3.11. The predicted octanol–water partition coefficient (Wildman–Crippen LogP) is 0.666. The van der Waals surface area contributed by atoms with Crippen LogP contribution in [0.3, 0.4) is 0 Å². The number of sulfone groups is 1. The van der Waals surface area contributed by atoms with Crippen molar-refractivity contribution in [2.24, 2.45) is 0 Å². The Morgan fingerprint density at radius 1 is 1.35 bits per heavy atom. The molecule has 23 heavy (non-hydrogen) atoms. The first-order valence-electron chi connectivity index (χ1n) is 6.98. The molecule has 0 aromatic heterocycles. The topological polar surface area (TPSA) is 102 Å². The van der Waals surface area contributed by atoms with E-state index < -0.39 is 15.9 Å². The smallest absolute Gasteiger partial charge is 0.337 e. The van der Waals surface area contributed by atoms with E-state index in [2.05, 4.69) is 11.9 Å². The molecule has 1 saturated heterocycles. The van der Waals surface area contributed by atoms with E-state index in [0.29, 0.717) is 25.1 Å². The molecule has 0 aliphatic carbocycles. The average molecular weight is 339 g/mol. The highest BCUT2D eigenvalue weighted by Gasteiger charge is 2.32. The largest absolute Gasteiger partial charge is 0.464 e. The first-order chi connectivity index (χ1) is 10.9. The van der Waals surface area contributed by atoms with Crippen molar-refractivity contribution in [3.05, 3.63) is 41.8 Å². The van der Waals surface area contributed by atoms with E-state index in [1.807, 2.05) is 0 Å². The molecule has 1 amide bonds. The Morgan fingerprint density at radius 2 is 2.00 bits per heavy atom. The lowest BCUT2D eigenvalue weighted by molar-refractivity contribution is -0.145. The first-order valence-corrected chi connectivity index (χ1v) is 8.52. The van der Waals surface area contributed by atoms with E-state index in [9.17, 15) is 18.0 Å². The molecule has 124 valence electrons. The van der Waals surface area contributed by atoms with Gasteiger partial charge in [-0.3, -0.25) is 4.79 Å². The molecule has 1 atom stereocenters. The van der Waals surface area contributed by atoms with Crippen molar-refractivity contribution in [1.82, 2.24) is 5.32 Å². The SMILES string of the molecule is C=CS(=O)(=O)c1ccc(C(=O)NCCCOC(=O)C2CO2)cc1. The maximum Gasteiger partial charge on any atom is 0.337 e. The predicted molar refractivity (Wildman–Crippen MR) is 81.5 cm³/mol. The molecule has 0 radical (unpaired) electrons. The van der Waals surface area contributed by atoms with Crippen molar-refractivity contribution in [3.63, 3.8) is 0 Å². The Morgan fingerprint density at radius 3 is 2.57 bits per heavy atom. The molecule has 8 heteroatoms. The number of carbonyl (C=O) groups is 2. The number of nitrogens with one attached hydrogen (secondary N) is 1. The molecule has 0 spiro atoms. The Balaban J connectivity index is 1.74. The van der Waals surface area contributed by atoms with Gasteiger partial charge in [0.2, 0.25) is 0 Å². The van der Waals surface area contributed by atoms with Crippen LogP contribution in [0.15, 0.2) is 41.1 Å². The van der Waals surface area contributed by atoms with E-state index in [0.717, 1.165) is 5.41 Å². The van der Waals surface area contributed by atoms with Crippen LogP contribution in [0.4, 0.5) is 0 Å². The summed E-state index contributed by atoms with van der Waals surface area (Å²) >= 11 is 0. The van der Waals surface area contributed by atoms with Crippen LogP contribution in [0.5, 0.6) is 0 Å². The summed E-state index contributed by atoms with van der Waals surface area (Å²) < 4.78 is 32.8. The fraction of sp³-hybridized carbons (Fsp3) is 0.333. The van der Waals surface area contributed by atoms with Gasteiger partial charge in [-0.15, -0.1) is 0 Å². The third-order valence-corrected chi connectivity index (χ3v) is 4.48. The van der Waals surface area contributed by atoms with Gasteiger partial charge in [0.05, 0.1) is 18.1 Å². The number of hydrogen-bond acceptors (Lipinski definition) is 6. The van der Waals surface area contributed by atoms with Crippen molar-refractivity contribution in [2.45, 2.75) is 17.4 Å². The summed E-state index contributed by atoms with van der Waals surface area (Å²) in [6, 6.07) is 5.55. The summed E-state index contributed by atoms with van der Waals surface area (Å²) in [5, 5.41) is 3.52. The summed E-state index contributed by atoms with van der Waals surface area (Å²) in [6.07, 6.45) is 0.0580. The molecular weight excluding hydrogens is 322 g/mol. The van der Waals surface area contributed by atoms with Crippen LogP contribution in [-0.4, -0.2) is 46.2 Å². The van der Waals surface area contributed by atoms with Crippen molar-refractivity contribution in [3.8, 4) is 0 Å². The minimum absolute atomic E-state index is 0.0817. The Kier molecular flexibility index (Phi) is 5.51. The fourth-order valence-corrected chi connectivity index (χ4v) is 2.43. The average Bonchev–Trinajstić information content (AvgIpc) is 3.39. The number of esters is 1. The number of hydrogen-bond donors (Lipinski definition) is 1. The summed E-state index contributed by atoms with van der Waals surface area (Å²) in [6.45, 7) is 4.19. The lowest BCUT2D eigenvalue weighted by Crippen LogP contribution is -2.25. The quantitative estimate of drug-likeness (QED) is 0.424. The number of ether oxygens (including phenoxy) is 2. The monoisotopic (exact) mass is 339 g/mol. The van der Waals surface area contributed by atoms with E-state index in [4.69, 9.17) is 9.47 Å². The molecule has 1 fully saturated rings. The molecule has 1 aromatic carbocycles. The maximum atomic E-state index is 11.9.